The summed E-state index contributed by atoms with van der Waals surface area (Å²) in [5.41, 5.74) is 0.193. The van der Waals surface area contributed by atoms with Gasteiger partial charge in [-0.2, -0.15) is 0 Å². The number of carbonyl (C=O) groups excluding carboxylic acids is 4. The first-order chi connectivity index (χ1) is 14.4. The van der Waals surface area contributed by atoms with Crippen LogP contribution in [0, 0.1) is 0 Å². The second-order valence-electron chi connectivity index (χ2n) is 5.94. The van der Waals surface area contributed by atoms with Crippen molar-refractivity contribution < 1.29 is 38.1 Å². The molecule has 0 aliphatic heterocycles. The van der Waals surface area contributed by atoms with Gasteiger partial charge >= 0.3 is 23.9 Å². The van der Waals surface area contributed by atoms with E-state index >= 15 is 0 Å². The first-order valence-corrected chi connectivity index (χ1v) is 8.82. The molecule has 0 bridgehead atoms. The van der Waals surface area contributed by atoms with E-state index in [0.717, 1.165) is 0 Å². The molecular weight excluding hydrogens is 392 g/mol. The first-order valence-electron chi connectivity index (χ1n) is 8.82. The zero-order valence-corrected chi connectivity index (χ0v) is 16.5. The highest BCUT2D eigenvalue weighted by molar-refractivity contribution is 5.96. The summed E-state index contributed by atoms with van der Waals surface area (Å²) in [4.78, 5) is 47.8. The molecule has 0 atom stereocenters. The van der Waals surface area contributed by atoms with Crippen molar-refractivity contribution in [1.82, 2.24) is 0 Å². The van der Waals surface area contributed by atoms with E-state index in [4.69, 9.17) is 9.47 Å². The van der Waals surface area contributed by atoms with Crippen LogP contribution >= 0.6 is 0 Å². The number of hydrogen-bond acceptors (Lipinski definition) is 8. The van der Waals surface area contributed by atoms with E-state index in [1.807, 2.05) is 0 Å². The molecule has 0 radical (unpaired) electrons. The maximum Gasteiger partial charge on any atom is 0.341 e. The topological polar surface area (TPSA) is 105 Å². The normalized spacial score (nSPS) is 9.93. The van der Waals surface area contributed by atoms with Crippen LogP contribution in [0.2, 0.25) is 0 Å². The standard InChI is InChI=1S/C22H20O8/c1-14(20(24)30-18-11-7-5-9-16(18)22(26)28-3)12-13-19(23)29-17-10-6-4-8-15(17)21(25)27-2/h4-11H,1,12-13H2,2-3H3. The highest BCUT2D eigenvalue weighted by Crippen LogP contribution is 2.22. The van der Waals surface area contributed by atoms with Gasteiger partial charge < -0.3 is 18.9 Å². The van der Waals surface area contributed by atoms with Crippen LogP contribution < -0.4 is 9.47 Å². The molecule has 2 aromatic rings. The number of methoxy groups -OCH3 is 2. The van der Waals surface area contributed by atoms with E-state index in [-0.39, 0.29) is 41.0 Å². The van der Waals surface area contributed by atoms with Crippen LogP contribution in [0.3, 0.4) is 0 Å². The highest BCUT2D eigenvalue weighted by atomic mass is 16.6. The lowest BCUT2D eigenvalue weighted by molar-refractivity contribution is -0.134. The fourth-order valence-electron chi connectivity index (χ4n) is 2.37. The van der Waals surface area contributed by atoms with Crippen molar-refractivity contribution in [2.45, 2.75) is 12.8 Å². The molecule has 30 heavy (non-hydrogen) atoms. The Hall–Kier alpha value is -3.94. The van der Waals surface area contributed by atoms with Gasteiger partial charge in [-0.3, -0.25) is 4.79 Å². The van der Waals surface area contributed by atoms with Crippen molar-refractivity contribution >= 4 is 23.9 Å². The molecule has 2 rings (SSSR count). The molecule has 0 aliphatic rings. The third kappa shape index (κ3) is 5.78. The van der Waals surface area contributed by atoms with Gasteiger partial charge in [-0.15, -0.1) is 0 Å². The van der Waals surface area contributed by atoms with Crippen LogP contribution in [0.25, 0.3) is 0 Å². The minimum absolute atomic E-state index is 0.00729. The van der Waals surface area contributed by atoms with Crippen molar-refractivity contribution in [2.24, 2.45) is 0 Å². The monoisotopic (exact) mass is 412 g/mol. The molecule has 0 heterocycles. The number of hydrogen-bond donors (Lipinski definition) is 0. The largest absolute Gasteiger partial charge is 0.465 e. The van der Waals surface area contributed by atoms with Gasteiger partial charge in [0.15, 0.2) is 0 Å². The predicted molar refractivity (Wildman–Crippen MR) is 105 cm³/mol. The van der Waals surface area contributed by atoms with Crippen LogP contribution in [0.1, 0.15) is 33.6 Å². The molecule has 0 aliphatic carbocycles. The Bertz CT molecular complexity index is 977. The highest BCUT2D eigenvalue weighted by Gasteiger charge is 2.19. The van der Waals surface area contributed by atoms with Gasteiger partial charge in [0.2, 0.25) is 0 Å². The van der Waals surface area contributed by atoms with E-state index in [1.165, 1.54) is 38.5 Å². The summed E-state index contributed by atoms with van der Waals surface area (Å²) in [6.07, 6.45) is -0.222. The summed E-state index contributed by atoms with van der Waals surface area (Å²) in [7, 11) is 2.43. The number of carbonyl (C=O) groups is 4. The van der Waals surface area contributed by atoms with E-state index in [1.54, 1.807) is 24.3 Å². The Morgan fingerprint density at radius 2 is 1.20 bits per heavy atom. The van der Waals surface area contributed by atoms with E-state index in [2.05, 4.69) is 16.1 Å². The van der Waals surface area contributed by atoms with Crippen molar-refractivity contribution in [2.75, 3.05) is 14.2 Å². The minimum Gasteiger partial charge on any atom is -0.465 e. The van der Waals surface area contributed by atoms with Crippen molar-refractivity contribution in [3.8, 4) is 11.5 Å². The summed E-state index contributed by atoms with van der Waals surface area (Å²) >= 11 is 0. The second-order valence-corrected chi connectivity index (χ2v) is 5.94. The summed E-state index contributed by atoms with van der Waals surface area (Å²) in [6, 6.07) is 12.2. The summed E-state index contributed by atoms with van der Waals surface area (Å²) in [6.45, 7) is 3.61. The Labute approximate surface area is 173 Å². The number of rotatable bonds is 8. The molecule has 8 nitrogen and oxygen atoms in total. The van der Waals surface area contributed by atoms with E-state index in [0.29, 0.717) is 0 Å². The molecule has 0 amide bonds. The SMILES string of the molecule is C=C(CCC(=O)Oc1ccccc1C(=O)OC)C(=O)Oc1ccccc1C(=O)OC. The molecule has 0 spiro atoms. The van der Waals surface area contributed by atoms with Gasteiger partial charge in [-0.05, 0) is 30.7 Å². The predicted octanol–water partition coefficient (Wildman–Crippen LogP) is 3.11. The summed E-state index contributed by atoms with van der Waals surface area (Å²) in [5, 5.41) is 0. The second kappa shape index (κ2) is 10.6. The number of ether oxygens (including phenoxy) is 4. The number of para-hydroxylation sites is 2. The zero-order valence-electron chi connectivity index (χ0n) is 16.5. The van der Waals surface area contributed by atoms with Gasteiger partial charge in [0.05, 0.1) is 20.6 Å². The minimum atomic E-state index is -0.797. The molecule has 0 saturated carbocycles. The molecule has 8 heteroatoms. The molecule has 0 aromatic heterocycles. The summed E-state index contributed by atoms with van der Waals surface area (Å²) < 4.78 is 19.7. The van der Waals surface area contributed by atoms with Crippen LogP contribution in [-0.2, 0) is 19.1 Å². The molecule has 2 aromatic carbocycles. The number of esters is 4. The molecule has 0 fully saturated rings. The first kappa shape index (κ1) is 22.4. The van der Waals surface area contributed by atoms with Crippen molar-refractivity contribution in [3.63, 3.8) is 0 Å². The fraction of sp³-hybridized carbons (Fsp3) is 0.182. The lowest BCUT2D eigenvalue weighted by Crippen LogP contribution is -2.16. The molecule has 0 saturated heterocycles. The molecule has 156 valence electrons. The fourth-order valence-corrected chi connectivity index (χ4v) is 2.37. The smallest absolute Gasteiger partial charge is 0.341 e. The third-order valence-corrected chi connectivity index (χ3v) is 3.93. The van der Waals surface area contributed by atoms with Gasteiger partial charge in [-0.25, -0.2) is 14.4 Å². The van der Waals surface area contributed by atoms with Gasteiger partial charge in [0.25, 0.3) is 0 Å². The average molecular weight is 412 g/mol. The Morgan fingerprint density at radius 3 is 1.70 bits per heavy atom. The van der Waals surface area contributed by atoms with E-state index in [9.17, 15) is 19.2 Å². The third-order valence-electron chi connectivity index (χ3n) is 3.93. The maximum atomic E-state index is 12.2. The zero-order chi connectivity index (χ0) is 22.1. The van der Waals surface area contributed by atoms with E-state index < -0.39 is 23.9 Å². The molecular formula is C22H20O8. The quantitative estimate of drug-likeness (QED) is 0.370. The average Bonchev–Trinajstić information content (AvgIpc) is 2.77. The Morgan fingerprint density at radius 1 is 0.733 bits per heavy atom. The van der Waals surface area contributed by atoms with Crippen LogP contribution in [0.4, 0.5) is 0 Å². The summed E-state index contributed by atoms with van der Waals surface area (Å²) in [5.74, 6) is -2.70. The van der Waals surface area contributed by atoms with Crippen molar-refractivity contribution in [3.05, 3.63) is 71.8 Å². The lowest BCUT2D eigenvalue weighted by atomic mass is 10.1. The van der Waals surface area contributed by atoms with Crippen LogP contribution in [0.5, 0.6) is 11.5 Å². The van der Waals surface area contributed by atoms with Gasteiger partial charge in [0, 0.05) is 5.57 Å². The maximum absolute atomic E-state index is 12.2. The van der Waals surface area contributed by atoms with Crippen molar-refractivity contribution in [1.29, 1.82) is 0 Å². The Balaban J connectivity index is 1.95. The van der Waals surface area contributed by atoms with Crippen LogP contribution in [-0.4, -0.2) is 38.1 Å². The van der Waals surface area contributed by atoms with Gasteiger partial charge in [-0.1, -0.05) is 30.8 Å². The molecule has 0 N–H and O–H groups in total. The molecule has 0 unspecified atom stereocenters. The Kier molecular flexibility index (Phi) is 7.87. The van der Waals surface area contributed by atoms with Gasteiger partial charge in [0.1, 0.15) is 22.6 Å². The number of benzene rings is 2. The van der Waals surface area contributed by atoms with Crippen LogP contribution in [0.15, 0.2) is 60.7 Å². The lowest BCUT2D eigenvalue weighted by Gasteiger charge is -2.10.